The van der Waals surface area contributed by atoms with Gasteiger partial charge in [0.15, 0.2) is 0 Å². The van der Waals surface area contributed by atoms with Gasteiger partial charge in [-0.05, 0) is 0 Å². The predicted octanol–water partition coefficient (Wildman–Crippen LogP) is -0.979. The highest BCUT2D eigenvalue weighted by Gasteiger charge is 2.16. The van der Waals surface area contributed by atoms with E-state index in [-0.39, 0.29) is 13.2 Å². The van der Waals surface area contributed by atoms with Crippen molar-refractivity contribution in [3.63, 3.8) is 0 Å². The van der Waals surface area contributed by atoms with E-state index in [9.17, 15) is 0 Å². The lowest BCUT2D eigenvalue weighted by Crippen LogP contribution is -2.36. The molecule has 0 aromatic rings. The average Bonchev–Trinajstić information content (AvgIpc) is 2.91. The molecule has 2 heterocycles. The van der Waals surface area contributed by atoms with Crippen molar-refractivity contribution in [1.29, 1.82) is 0 Å². The monoisotopic (exact) mass is 240 g/mol. The highest BCUT2D eigenvalue weighted by atomic mass is 16.3. The molecule has 2 aliphatic rings. The van der Waals surface area contributed by atoms with Gasteiger partial charge in [-0.1, -0.05) is 0 Å². The third-order valence-corrected chi connectivity index (χ3v) is 2.84. The maximum Gasteiger partial charge on any atom is 0.0927 e. The van der Waals surface area contributed by atoms with Crippen molar-refractivity contribution >= 4 is 0 Å². The molecule has 0 aromatic heterocycles. The molecule has 0 aromatic carbocycles. The number of hydrogen-bond donors (Lipinski definition) is 2. The first-order valence-corrected chi connectivity index (χ1v) is 5.86. The summed E-state index contributed by atoms with van der Waals surface area (Å²) in [6.45, 7) is 4.21. The van der Waals surface area contributed by atoms with Crippen molar-refractivity contribution in [2.24, 2.45) is 0 Å². The Labute approximate surface area is 102 Å². The molecule has 0 radical (unpaired) electrons. The molecule has 6 nitrogen and oxygen atoms in total. The van der Waals surface area contributed by atoms with Gasteiger partial charge in [-0.2, -0.15) is 0 Å². The lowest BCUT2D eigenvalue weighted by Gasteiger charge is -2.27. The number of aliphatic hydroxyl groups excluding tert-OH is 2. The number of hydrogen-bond acceptors (Lipinski definition) is 6. The van der Waals surface area contributed by atoms with Crippen molar-refractivity contribution in [3.05, 3.63) is 24.8 Å². The Hall–Kier alpha value is -1.40. The Morgan fingerprint density at radius 2 is 1.12 bits per heavy atom. The summed E-state index contributed by atoms with van der Waals surface area (Å²) in [7, 11) is 0. The second kappa shape index (κ2) is 5.79. The van der Waals surface area contributed by atoms with Crippen LogP contribution in [0.4, 0.5) is 0 Å². The highest BCUT2D eigenvalue weighted by Crippen LogP contribution is 2.11. The van der Waals surface area contributed by atoms with E-state index in [1.54, 1.807) is 0 Å². The summed E-state index contributed by atoms with van der Waals surface area (Å²) in [4.78, 5) is 8.52. The van der Waals surface area contributed by atoms with Crippen LogP contribution >= 0.6 is 0 Å². The van der Waals surface area contributed by atoms with Gasteiger partial charge in [-0.25, -0.2) is 0 Å². The van der Waals surface area contributed by atoms with E-state index in [2.05, 4.69) is 19.6 Å². The van der Waals surface area contributed by atoms with E-state index in [1.807, 2.05) is 24.8 Å². The summed E-state index contributed by atoms with van der Waals surface area (Å²) in [5.74, 6) is 0. The molecule has 0 bridgehead atoms. The van der Waals surface area contributed by atoms with Crippen LogP contribution in [0.3, 0.4) is 0 Å². The smallest absolute Gasteiger partial charge is 0.0927 e. The van der Waals surface area contributed by atoms with Gasteiger partial charge >= 0.3 is 0 Å². The molecule has 0 saturated carbocycles. The van der Waals surface area contributed by atoms with Crippen LogP contribution in [0.15, 0.2) is 24.8 Å². The van der Waals surface area contributed by atoms with E-state index in [0.29, 0.717) is 13.1 Å². The lowest BCUT2D eigenvalue weighted by atomic mass is 10.6. The van der Waals surface area contributed by atoms with Gasteiger partial charge in [0.1, 0.15) is 0 Å². The largest absolute Gasteiger partial charge is 0.395 e. The predicted molar refractivity (Wildman–Crippen MR) is 64.1 cm³/mol. The normalized spacial score (nSPS) is 18.9. The van der Waals surface area contributed by atoms with Crippen LogP contribution < -0.4 is 0 Å². The average molecular weight is 240 g/mol. The number of nitrogens with zero attached hydrogens (tertiary/aromatic N) is 4. The fraction of sp³-hybridized carbons (Fsp3) is 0.636. The zero-order valence-electron chi connectivity index (χ0n) is 9.94. The third-order valence-electron chi connectivity index (χ3n) is 2.84. The molecule has 0 spiro atoms. The van der Waals surface area contributed by atoms with Gasteiger partial charge in [0, 0.05) is 37.9 Å². The molecule has 0 fully saturated rings. The van der Waals surface area contributed by atoms with E-state index >= 15 is 0 Å². The minimum Gasteiger partial charge on any atom is -0.395 e. The molecular weight excluding hydrogens is 220 g/mol. The first-order valence-electron chi connectivity index (χ1n) is 5.86. The van der Waals surface area contributed by atoms with Crippen LogP contribution in [0.25, 0.3) is 0 Å². The summed E-state index contributed by atoms with van der Waals surface area (Å²) in [6.07, 6.45) is 8.08. The third kappa shape index (κ3) is 3.28. The zero-order chi connectivity index (χ0) is 12.1. The molecule has 2 N–H and O–H groups in total. The molecule has 6 heteroatoms. The number of aliphatic hydroxyl groups is 2. The molecule has 0 unspecified atom stereocenters. The molecule has 0 amide bonds. The Morgan fingerprint density at radius 1 is 0.706 bits per heavy atom. The minimum atomic E-state index is 0.187. The number of rotatable bonds is 6. The van der Waals surface area contributed by atoms with Crippen LogP contribution in [0.1, 0.15) is 0 Å². The fourth-order valence-corrected chi connectivity index (χ4v) is 2.00. The van der Waals surface area contributed by atoms with Crippen molar-refractivity contribution in [1.82, 2.24) is 19.6 Å². The molecule has 96 valence electrons. The Morgan fingerprint density at radius 3 is 1.53 bits per heavy atom. The quantitative estimate of drug-likeness (QED) is 0.622. The molecule has 2 aliphatic heterocycles. The second-order valence-corrected chi connectivity index (χ2v) is 4.27. The van der Waals surface area contributed by atoms with E-state index in [4.69, 9.17) is 10.2 Å². The maximum atomic E-state index is 8.84. The standard InChI is InChI=1S/C11H20N4O2/c16-7-5-12-1-3-14(9-12)11-15-4-2-13(10-15)6-8-17/h1-4,16-17H,5-11H2. The molecule has 2 rings (SSSR count). The van der Waals surface area contributed by atoms with Gasteiger partial charge in [-0.3, -0.25) is 0 Å². The first kappa shape index (κ1) is 12.1. The van der Waals surface area contributed by atoms with Crippen LogP contribution in [0.5, 0.6) is 0 Å². The van der Waals surface area contributed by atoms with Crippen LogP contribution in [-0.2, 0) is 0 Å². The summed E-state index contributed by atoms with van der Waals surface area (Å²) in [5, 5.41) is 17.7. The maximum absolute atomic E-state index is 8.84. The van der Waals surface area contributed by atoms with Gasteiger partial charge in [0.05, 0.1) is 33.2 Å². The van der Waals surface area contributed by atoms with Gasteiger partial charge in [0.25, 0.3) is 0 Å². The summed E-state index contributed by atoms with van der Waals surface area (Å²) in [6, 6.07) is 0. The first-order chi connectivity index (χ1) is 8.31. The SMILES string of the molecule is OCCN1C=CN(CN2C=CN(CCO)C2)C1. The van der Waals surface area contributed by atoms with Crippen LogP contribution in [0.2, 0.25) is 0 Å². The molecule has 0 aliphatic carbocycles. The molecular formula is C11H20N4O2. The van der Waals surface area contributed by atoms with Crippen LogP contribution in [0, 0.1) is 0 Å². The Bertz CT molecular complexity index is 267. The van der Waals surface area contributed by atoms with E-state index in [0.717, 1.165) is 20.0 Å². The van der Waals surface area contributed by atoms with Gasteiger partial charge in [0.2, 0.25) is 0 Å². The molecule has 0 saturated heterocycles. The van der Waals surface area contributed by atoms with Gasteiger partial charge < -0.3 is 29.8 Å². The lowest BCUT2D eigenvalue weighted by molar-refractivity contribution is 0.144. The van der Waals surface area contributed by atoms with Crippen molar-refractivity contribution in [2.45, 2.75) is 0 Å². The number of β-amino-alcohol motifs (C(OH)–C–C–N with tert-alkyl or cyclic N) is 2. The molecule has 0 atom stereocenters. The van der Waals surface area contributed by atoms with Crippen molar-refractivity contribution in [2.75, 3.05) is 46.3 Å². The fourth-order valence-electron chi connectivity index (χ4n) is 2.00. The van der Waals surface area contributed by atoms with Gasteiger partial charge in [-0.15, -0.1) is 0 Å². The van der Waals surface area contributed by atoms with Crippen molar-refractivity contribution < 1.29 is 10.2 Å². The van der Waals surface area contributed by atoms with E-state index in [1.165, 1.54) is 0 Å². The highest BCUT2D eigenvalue weighted by molar-refractivity contribution is 4.94. The topological polar surface area (TPSA) is 53.4 Å². The summed E-state index contributed by atoms with van der Waals surface area (Å²) < 4.78 is 0. The van der Waals surface area contributed by atoms with E-state index < -0.39 is 0 Å². The minimum absolute atomic E-state index is 0.187. The Kier molecular flexibility index (Phi) is 4.11. The van der Waals surface area contributed by atoms with Crippen molar-refractivity contribution in [3.8, 4) is 0 Å². The second-order valence-electron chi connectivity index (χ2n) is 4.27. The summed E-state index contributed by atoms with van der Waals surface area (Å²) >= 11 is 0. The van der Waals surface area contributed by atoms with Crippen LogP contribution in [-0.4, -0.2) is 76.1 Å². The summed E-state index contributed by atoms with van der Waals surface area (Å²) in [5.41, 5.74) is 0. The Balaban J connectivity index is 1.70. The zero-order valence-corrected chi connectivity index (χ0v) is 9.94. The molecule has 17 heavy (non-hydrogen) atoms.